The van der Waals surface area contributed by atoms with Crippen LogP contribution in [-0.2, 0) is 14.7 Å². The Morgan fingerprint density at radius 2 is 1.54 bits per heavy atom. The van der Waals surface area contributed by atoms with E-state index in [1.54, 1.807) is 13.1 Å². The quantitative estimate of drug-likeness (QED) is 0.348. The average Bonchev–Trinajstić information content (AvgIpc) is 2.62. The van der Waals surface area contributed by atoms with Crippen molar-refractivity contribution in [2.24, 2.45) is 0 Å². The zero-order chi connectivity index (χ0) is 22.0. The molecule has 2 atom stereocenters. The Hall–Kier alpha value is -1.07. The summed E-state index contributed by atoms with van der Waals surface area (Å²) in [5, 5.41) is 0.856. The van der Waals surface area contributed by atoms with E-state index in [1.807, 2.05) is 41.5 Å². The first-order chi connectivity index (χ1) is 12.0. The zero-order valence-corrected chi connectivity index (χ0v) is 19.9. The monoisotopic (exact) mass is 391 g/mol. The van der Waals surface area contributed by atoms with E-state index < -0.39 is 20.7 Å². The molecule has 0 amide bonds. The molecular formula is C21H45NO3S. The standard InChI is InChI=1S/C14H25NO3S.C3H8.2C2H6/c1-8-13(19(7,16)17)11-12(4)15(6)18-14(5,9-2)10-3;1-3-2;2*1-2/h8-9,13H,1-2,4,10-11H2,3,5-7H3;3H2,1-2H3;2*1-2H3. The molecule has 0 aliphatic heterocycles. The van der Waals surface area contributed by atoms with Gasteiger partial charge in [0.2, 0.25) is 0 Å². The Bertz CT molecular complexity index is 458. The van der Waals surface area contributed by atoms with Crippen LogP contribution in [-0.4, -0.2) is 37.6 Å². The van der Waals surface area contributed by atoms with E-state index in [0.717, 1.165) is 6.42 Å². The second-order valence-electron chi connectivity index (χ2n) is 5.54. The van der Waals surface area contributed by atoms with Crippen molar-refractivity contribution in [2.75, 3.05) is 13.3 Å². The first kappa shape index (κ1) is 32.6. The Balaban J connectivity index is -0.000000302. The molecule has 0 fully saturated rings. The number of sulfone groups is 1. The van der Waals surface area contributed by atoms with Crippen LogP contribution in [0.25, 0.3) is 0 Å². The number of hydrogen-bond donors (Lipinski definition) is 0. The fraction of sp³-hybridized carbons (Fsp3) is 0.714. The smallest absolute Gasteiger partial charge is 0.154 e. The minimum atomic E-state index is -3.18. The normalized spacial score (nSPS) is 13.0. The third kappa shape index (κ3) is 16.4. The number of nitrogens with zero attached hydrogens (tertiary/aromatic N) is 1. The lowest BCUT2D eigenvalue weighted by atomic mass is 10.0. The molecule has 0 rings (SSSR count). The summed E-state index contributed by atoms with van der Waals surface area (Å²) in [7, 11) is -1.47. The maximum absolute atomic E-state index is 11.5. The van der Waals surface area contributed by atoms with E-state index in [4.69, 9.17) is 4.84 Å². The van der Waals surface area contributed by atoms with E-state index in [2.05, 4.69) is 33.6 Å². The molecule has 0 saturated carbocycles. The third-order valence-corrected chi connectivity index (χ3v) is 4.63. The lowest BCUT2D eigenvalue weighted by Crippen LogP contribution is -2.34. The molecule has 0 aromatic rings. The summed E-state index contributed by atoms with van der Waals surface area (Å²) in [6.07, 6.45) is 6.59. The highest BCUT2D eigenvalue weighted by Crippen LogP contribution is 2.22. The number of rotatable bonds is 9. The van der Waals surface area contributed by atoms with Crippen LogP contribution in [0.5, 0.6) is 0 Å². The lowest BCUT2D eigenvalue weighted by molar-refractivity contribution is -0.188. The number of hydrogen-bond acceptors (Lipinski definition) is 4. The Kier molecular flexibility index (Phi) is 23.5. The van der Waals surface area contributed by atoms with Crippen LogP contribution in [0.3, 0.4) is 0 Å². The predicted octanol–water partition coefficient (Wildman–Crippen LogP) is 6.18. The topological polar surface area (TPSA) is 46.6 Å². The summed E-state index contributed by atoms with van der Waals surface area (Å²) in [5.41, 5.74) is 0.0868. The van der Waals surface area contributed by atoms with Crippen LogP contribution in [0.2, 0.25) is 0 Å². The van der Waals surface area contributed by atoms with Gasteiger partial charge in [0, 0.05) is 25.4 Å². The molecule has 4 nitrogen and oxygen atoms in total. The van der Waals surface area contributed by atoms with Gasteiger partial charge in [-0.15, -0.1) is 13.2 Å². The van der Waals surface area contributed by atoms with Gasteiger partial charge >= 0.3 is 0 Å². The summed E-state index contributed by atoms with van der Waals surface area (Å²) in [5.74, 6) is 0. The summed E-state index contributed by atoms with van der Waals surface area (Å²) in [6.45, 7) is 27.3. The molecule has 0 saturated heterocycles. The molecular weight excluding hydrogens is 346 g/mol. The zero-order valence-electron chi connectivity index (χ0n) is 19.1. The van der Waals surface area contributed by atoms with Gasteiger partial charge in [-0.25, -0.2) is 8.42 Å². The minimum absolute atomic E-state index is 0.260. The van der Waals surface area contributed by atoms with Gasteiger partial charge in [0.25, 0.3) is 0 Å². The fourth-order valence-electron chi connectivity index (χ4n) is 1.39. The first-order valence-corrected chi connectivity index (χ1v) is 11.5. The third-order valence-electron chi connectivity index (χ3n) is 3.17. The van der Waals surface area contributed by atoms with E-state index in [0.29, 0.717) is 5.70 Å². The molecule has 2 unspecified atom stereocenters. The molecule has 26 heavy (non-hydrogen) atoms. The fourth-order valence-corrected chi connectivity index (χ4v) is 2.24. The van der Waals surface area contributed by atoms with Crippen molar-refractivity contribution >= 4 is 9.84 Å². The summed E-state index contributed by atoms with van der Waals surface area (Å²) in [6, 6.07) is 0. The summed E-state index contributed by atoms with van der Waals surface area (Å²) < 4.78 is 23.1. The Labute approximate surface area is 164 Å². The van der Waals surface area contributed by atoms with Gasteiger partial charge in [-0.05, 0) is 13.3 Å². The number of hydroxylamine groups is 2. The maximum atomic E-state index is 11.5. The van der Waals surface area contributed by atoms with Crippen molar-refractivity contribution < 1.29 is 13.3 Å². The second kappa shape index (κ2) is 18.7. The first-order valence-electron chi connectivity index (χ1n) is 9.56. The van der Waals surface area contributed by atoms with Crippen molar-refractivity contribution in [3.63, 3.8) is 0 Å². The minimum Gasteiger partial charge on any atom is -0.264 e. The highest BCUT2D eigenvalue weighted by atomic mass is 32.2. The Morgan fingerprint density at radius 3 is 1.77 bits per heavy atom. The van der Waals surface area contributed by atoms with Gasteiger partial charge in [-0.1, -0.05) is 73.6 Å². The van der Waals surface area contributed by atoms with E-state index in [1.165, 1.54) is 23.8 Å². The lowest BCUT2D eigenvalue weighted by Gasteiger charge is -2.32. The van der Waals surface area contributed by atoms with Crippen LogP contribution in [0.1, 0.15) is 74.7 Å². The molecule has 0 spiro atoms. The molecule has 0 radical (unpaired) electrons. The summed E-state index contributed by atoms with van der Waals surface area (Å²) >= 11 is 0. The molecule has 158 valence electrons. The van der Waals surface area contributed by atoms with Gasteiger partial charge in [0.15, 0.2) is 9.84 Å². The van der Waals surface area contributed by atoms with Gasteiger partial charge in [0.05, 0.1) is 5.25 Å². The molecule has 5 heteroatoms. The molecule has 0 aliphatic carbocycles. The average molecular weight is 392 g/mol. The second-order valence-corrected chi connectivity index (χ2v) is 7.80. The van der Waals surface area contributed by atoms with Crippen LogP contribution in [0, 0.1) is 0 Å². The van der Waals surface area contributed by atoms with Crippen molar-refractivity contribution in [1.82, 2.24) is 5.06 Å². The van der Waals surface area contributed by atoms with E-state index in [-0.39, 0.29) is 6.42 Å². The Morgan fingerprint density at radius 1 is 1.15 bits per heavy atom. The molecule has 0 aliphatic rings. The molecule has 0 aromatic carbocycles. The number of allylic oxidation sites excluding steroid dienone is 1. The van der Waals surface area contributed by atoms with Crippen LogP contribution in [0.4, 0.5) is 0 Å². The van der Waals surface area contributed by atoms with Gasteiger partial charge in [0.1, 0.15) is 5.60 Å². The predicted molar refractivity (Wildman–Crippen MR) is 119 cm³/mol. The van der Waals surface area contributed by atoms with Gasteiger partial charge in [-0.2, -0.15) is 0 Å². The molecule has 0 N–H and O–H groups in total. The van der Waals surface area contributed by atoms with Gasteiger partial charge in [-0.3, -0.25) is 9.90 Å². The molecule has 0 bridgehead atoms. The molecule has 0 heterocycles. The van der Waals surface area contributed by atoms with Crippen molar-refractivity contribution in [3.05, 3.63) is 37.6 Å². The van der Waals surface area contributed by atoms with E-state index >= 15 is 0 Å². The van der Waals surface area contributed by atoms with Crippen molar-refractivity contribution in [2.45, 2.75) is 85.5 Å². The van der Waals surface area contributed by atoms with Crippen LogP contribution < -0.4 is 0 Å². The largest absolute Gasteiger partial charge is 0.264 e. The highest BCUT2D eigenvalue weighted by molar-refractivity contribution is 7.91. The van der Waals surface area contributed by atoms with Crippen LogP contribution in [0.15, 0.2) is 37.6 Å². The van der Waals surface area contributed by atoms with E-state index in [9.17, 15) is 8.42 Å². The summed E-state index contributed by atoms with van der Waals surface area (Å²) in [4.78, 5) is 5.74. The van der Waals surface area contributed by atoms with Crippen LogP contribution >= 0.6 is 0 Å². The maximum Gasteiger partial charge on any atom is 0.154 e. The van der Waals surface area contributed by atoms with Crippen molar-refractivity contribution in [1.29, 1.82) is 0 Å². The van der Waals surface area contributed by atoms with Gasteiger partial charge < -0.3 is 0 Å². The highest BCUT2D eigenvalue weighted by Gasteiger charge is 2.24. The van der Waals surface area contributed by atoms with Crippen molar-refractivity contribution in [3.8, 4) is 0 Å². The SMILES string of the molecule is C=CC(CC(=C)N(C)OC(C)(C=C)CC)S(C)(=O)=O.CC.CC.CCC. The molecule has 0 aromatic heterocycles.